The molecule has 0 saturated carbocycles. The van der Waals surface area contributed by atoms with Crippen LogP contribution in [0.5, 0.6) is 0 Å². The number of rotatable bonds is 22. The third kappa shape index (κ3) is 15.7. The van der Waals surface area contributed by atoms with Gasteiger partial charge in [0, 0.05) is 25.2 Å². The van der Waals surface area contributed by atoms with Gasteiger partial charge in [0.1, 0.15) is 24.2 Å². The number of aliphatic carboxylic acids is 2. The summed E-state index contributed by atoms with van der Waals surface area (Å²) in [6.07, 6.45) is 2.30. The number of carbonyl (C=O) groups is 6. The molecule has 1 rings (SSSR count). The summed E-state index contributed by atoms with van der Waals surface area (Å²) < 4.78 is 0. The molecule has 4 amide bonds. The number of nitrogens with two attached hydrogens (primary N) is 2. The Morgan fingerprint density at radius 1 is 0.872 bits per heavy atom. The quantitative estimate of drug-likeness (QED) is 0.0200. The third-order valence-corrected chi connectivity index (χ3v) is 7.29. The Bertz CT molecular complexity index is 1160. The van der Waals surface area contributed by atoms with Gasteiger partial charge in [-0.1, -0.05) is 40.7 Å². The number of hydrogen-bond acceptors (Lipinski definition) is 9. The molecule has 1 aliphatic rings. The van der Waals surface area contributed by atoms with Crippen molar-refractivity contribution in [2.24, 2.45) is 34.2 Å². The van der Waals surface area contributed by atoms with Gasteiger partial charge in [0.05, 0.1) is 12.0 Å². The van der Waals surface area contributed by atoms with E-state index in [1.54, 1.807) is 6.92 Å². The molecule has 1 saturated heterocycles. The first-order valence-electron chi connectivity index (χ1n) is 15.8. The zero-order valence-corrected chi connectivity index (χ0v) is 27.7. The standard InChI is InChI=1S/C30H52N8O9/c1-6-19(27(44)35-17(9-10-22(40)41)8-7-11-33-30(31)32)36-25(42)18(12-15(2)3)21(39)14-34-26(43)20(13-16(4)5)37-28(45)23-24(38-23)29(46)47/h9-10,15-21,23-24,38-39H,6-8,11-14H2,1-5H3,(H,34,43)(H,35,44)(H,36,42)(H,37,45)(H,40,41)(H,46,47)(H4,31,32,33)/b10-9+/t17-,18+,19-,20-,21+,23+,24+/m0/s1. The molecule has 1 fully saturated rings. The molecular weight excluding hydrogens is 616 g/mol. The van der Waals surface area contributed by atoms with Gasteiger partial charge in [0.15, 0.2) is 5.96 Å². The van der Waals surface area contributed by atoms with Crippen molar-refractivity contribution in [3.8, 4) is 0 Å². The first-order chi connectivity index (χ1) is 22.0. The van der Waals surface area contributed by atoms with Crippen LogP contribution in [0.1, 0.15) is 66.7 Å². The van der Waals surface area contributed by atoms with Gasteiger partial charge in [-0.3, -0.25) is 34.3 Å². The number of nitrogens with one attached hydrogen (secondary N) is 5. The highest BCUT2D eigenvalue weighted by atomic mass is 16.4. The first kappa shape index (κ1) is 40.8. The molecule has 17 heteroatoms. The summed E-state index contributed by atoms with van der Waals surface area (Å²) in [5.74, 6) is -5.93. The summed E-state index contributed by atoms with van der Waals surface area (Å²) in [5.41, 5.74) is 10.7. The van der Waals surface area contributed by atoms with Crippen LogP contribution in [0.2, 0.25) is 0 Å². The maximum atomic E-state index is 13.4. The fourth-order valence-electron chi connectivity index (χ4n) is 4.81. The number of guanidine groups is 1. The number of carboxylic acids is 2. The SMILES string of the molecule is CC[C@H](NC(=O)[C@H](CC(C)C)[C@H](O)CNC(=O)[C@H](CC(C)C)NC(=O)[C@@H]1N[C@H]1C(=O)O)C(=O)N[C@H](/C=C/C(=O)O)CCCN=C(N)N. The lowest BCUT2D eigenvalue weighted by Gasteiger charge is -2.28. The van der Waals surface area contributed by atoms with E-state index in [0.717, 1.165) is 6.08 Å². The van der Waals surface area contributed by atoms with Crippen LogP contribution in [0.15, 0.2) is 17.1 Å². The number of aliphatic hydroxyl groups excluding tert-OH is 1. The fourth-order valence-corrected chi connectivity index (χ4v) is 4.81. The second-order valence-corrected chi connectivity index (χ2v) is 12.4. The van der Waals surface area contributed by atoms with E-state index in [0.29, 0.717) is 12.8 Å². The monoisotopic (exact) mass is 668 g/mol. The summed E-state index contributed by atoms with van der Waals surface area (Å²) in [6.45, 7) is 9.01. The van der Waals surface area contributed by atoms with Gasteiger partial charge < -0.3 is 48.1 Å². The molecule has 17 nitrogen and oxygen atoms in total. The number of aliphatic hydroxyl groups is 1. The van der Waals surface area contributed by atoms with Crippen molar-refractivity contribution in [3.05, 3.63) is 12.2 Å². The zero-order valence-electron chi connectivity index (χ0n) is 27.7. The van der Waals surface area contributed by atoms with Crippen molar-refractivity contribution in [1.82, 2.24) is 26.6 Å². The Morgan fingerprint density at radius 3 is 2.02 bits per heavy atom. The number of nitrogens with zero attached hydrogens (tertiary/aromatic N) is 1. The molecule has 0 spiro atoms. The highest BCUT2D eigenvalue weighted by Gasteiger charge is 2.48. The van der Waals surface area contributed by atoms with Crippen LogP contribution in [0.4, 0.5) is 0 Å². The van der Waals surface area contributed by atoms with Gasteiger partial charge >= 0.3 is 11.9 Å². The van der Waals surface area contributed by atoms with Crippen LogP contribution in [-0.2, 0) is 28.8 Å². The van der Waals surface area contributed by atoms with Crippen LogP contribution in [-0.4, -0.2) is 106 Å². The average Bonchev–Trinajstić information content (AvgIpc) is 3.78. The van der Waals surface area contributed by atoms with Crippen LogP contribution in [0.25, 0.3) is 0 Å². The van der Waals surface area contributed by atoms with Crippen molar-refractivity contribution in [2.75, 3.05) is 13.1 Å². The molecule has 12 N–H and O–H groups in total. The highest BCUT2D eigenvalue weighted by molar-refractivity contribution is 5.97. The van der Waals surface area contributed by atoms with Gasteiger partial charge in [-0.2, -0.15) is 0 Å². The van der Waals surface area contributed by atoms with Crippen molar-refractivity contribution >= 4 is 41.5 Å². The van der Waals surface area contributed by atoms with Crippen LogP contribution in [0, 0.1) is 17.8 Å². The summed E-state index contributed by atoms with van der Waals surface area (Å²) >= 11 is 0. The maximum absolute atomic E-state index is 13.4. The number of aliphatic imine (C=N–C) groups is 1. The Labute approximate surface area is 274 Å². The fraction of sp³-hybridized carbons (Fsp3) is 0.700. The summed E-state index contributed by atoms with van der Waals surface area (Å²) in [4.78, 5) is 78.1. The van der Waals surface area contributed by atoms with Crippen molar-refractivity contribution in [1.29, 1.82) is 0 Å². The van der Waals surface area contributed by atoms with Gasteiger partial charge in [-0.05, 0) is 43.9 Å². The van der Waals surface area contributed by atoms with Crippen molar-refractivity contribution in [3.63, 3.8) is 0 Å². The van der Waals surface area contributed by atoms with E-state index in [4.69, 9.17) is 21.7 Å². The van der Waals surface area contributed by atoms with Crippen molar-refractivity contribution in [2.45, 2.75) is 103 Å². The van der Waals surface area contributed by atoms with E-state index in [2.05, 4.69) is 31.6 Å². The lowest BCUT2D eigenvalue weighted by Crippen LogP contribution is -2.54. The lowest BCUT2D eigenvalue weighted by molar-refractivity contribution is -0.137. The zero-order chi connectivity index (χ0) is 35.8. The molecule has 1 heterocycles. The summed E-state index contributed by atoms with van der Waals surface area (Å²) in [7, 11) is 0. The van der Waals surface area contributed by atoms with Crippen LogP contribution < -0.4 is 38.1 Å². The molecule has 1 aliphatic heterocycles. The average molecular weight is 669 g/mol. The molecule has 0 aromatic carbocycles. The molecule has 0 aliphatic carbocycles. The molecule has 266 valence electrons. The lowest BCUT2D eigenvalue weighted by atomic mass is 9.90. The van der Waals surface area contributed by atoms with E-state index >= 15 is 0 Å². The third-order valence-electron chi connectivity index (χ3n) is 7.29. The van der Waals surface area contributed by atoms with Gasteiger partial charge in [0.2, 0.25) is 23.6 Å². The smallest absolute Gasteiger partial charge is 0.328 e. The molecule has 47 heavy (non-hydrogen) atoms. The molecular formula is C30H52N8O9. The van der Waals surface area contributed by atoms with Crippen LogP contribution >= 0.6 is 0 Å². The summed E-state index contributed by atoms with van der Waals surface area (Å²) in [5, 5.41) is 42.2. The molecule has 0 unspecified atom stereocenters. The Hall–Kier alpha value is -4.25. The van der Waals surface area contributed by atoms with E-state index in [9.17, 15) is 33.9 Å². The number of carboxylic acid groups (broad SMARTS) is 2. The van der Waals surface area contributed by atoms with E-state index in [1.807, 2.05) is 27.7 Å². The Kier molecular flexibility index (Phi) is 17.4. The van der Waals surface area contributed by atoms with Gasteiger partial charge in [-0.15, -0.1) is 0 Å². The number of hydrogen-bond donors (Lipinski definition) is 10. The normalized spacial score (nSPS) is 18.8. The molecule has 0 radical (unpaired) electrons. The van der Waals surface area contributed by atoms with E-state index < -0.39 is 77.8 Å². The molecule has 7 atom stereocenters. The van der Waals surface area contributed by atoms with Crippen LogP contribution in [0.3, 0.4) is 0 Å². The minimum atomic E-state index is -1.35. The van der Waals surface area contributed by atoms with E-state index in [1.165, 1.54) is 6.08 Å². The Morgan fingerprint density at radius 2 is 1.51 bits per heavy atom. The first-order valence-corrected chi connectivity index (χ1v) is 15.8. The number of amides is 4. The summed E-state index contributed by atoms with van der Waals surface area (Å²) in [6, 6.07) is -4.66. The molecule has 0 aromatic rings. The second-order valence-electron chi connectivity index (χ2n) is 12.4. The molecule has 0 aromatic heterocycles. The largest absolute Gasteiger partial charge is 0.480 e. The van der Waals surface area contributed by atoms with Crippen molar-refractivity contribution < 1.29 is 44.1 Å². The minimum absolute atomic E-state index is 0.00699. The second kappa shape index (κ2) is 20.1. The topological polar surface area (TPSA) is 298 Å². The van der Waals surface area contributed by atoms with Gasteiger partial charge in [0.25, 0.3) is 0 Å². The van der Waals surface area contributed by atoms with Gasteiger partial charge in [-0.25, -0.2) is 4.79 Å². The van der Waals surface area contributed by atoms with E-state index in [-0.39, 0.29) is 50.1 Å². The maximum Gasteiger partial charge on any atom is 0.328 e. The molecule has 0 bridgehead atoms. The predicted octanol–water partition coefficient (Wildman–Crippen LogP) is -1.84. The minimum Gasteiger partial charge on any atom is -0.480 e. The Balaban J connectivity index is 2.92. The number of carbonyl (C=O) groups excluding carboxylic acids is 4. The predicted molar refractivity (Wildman–Crippen MR) is 173 cm³/mol. The highest BCUT2D eigenvalue weighted by Crippen LogP contribution is 2.18.